The summed E-state index contributed by atoms with van der Waals surface area (Å²) in [5.74, 6) is 1.11. The predicted octanol–water partition coefficient (Wildman–Crippen LogP) is 3.97. The molecule has 5 nitrogen and oxygen atoms in total. The third kappa shape index (κ3) is 3.78. The van der Waals surface area contributed by atoms with Crippen molar-refractivity contribution < 1.29 is 9.00 Å². The van der Waals surface area contributed by atoms with Crippen molar-refractivity contribution in [1.29, 1.82) is 0 Å². The number of fused-ring (bicyclic) bond motifs is 1. The Morgan fingerprint density at radius 1 is 1.26 bits per heavy atom. The first-order chi connectivity index (χ1) is 12.9. The second-order valence-corrected chi connectivity index (χ2v) is 10.0. The van der Waals surface area contributed by atoms with Crippen LogP contribution in [0.5, 0.6) is 0 Å². The summed E-state index contributed by atoms with van der Waals surface area (Å²) in [5, 5.41) is 6.77. The third-order valence-corrected chi connectivity index (χ3v) is 7.62. The van der Waals surface area contributed by atoms with Gasteiger partial charge in [-0.3, -0.25) is 13.7 Å². The highest BCUT2D eigenvalue weighted by molar-refractivity contribution is 7.85. The zero-order valence-corrected chi connectivity index (χ0v) is 17.7. The second-order valence-electron chi connectivity index (χ2n) is 6.45. The summed E-state index contributed by atoms with van der Waals surface area (Å²) in [7, 11) is -0.801. The Balaban J connectivity index is 1.64. The van der Waals surface area contributed by atoms with Crippen molar-refractivity contribution in [3.8, 4) is 0 Å². The van der Waals surface area contributed by atoms with Gasteiger partial charge in [0.1, 0.15) is 4.83 Å². The molecule has 1 amide bonds. The van der Waals surface area contributed by atoms with E-state index in [9.17, 15) is 9.00 Å². The Morgan fingerprint density at radius 3 is 2.70 bits per heavy atom. The first kappa shape index (κ1) is 18.9. The number of carbonyl (C=O) groups excluding carboxylic acids is 1. The topological polar surface area (TPSA) is 55.2 Å². The highest BCUT2D eigenvalue weighted by Crippen LogP contribution is 2.31. The van der Waals surface area contributed by atoms with E-state index in [0.717, 1.165) is 21.5 Å². The van der Waals surface area contributed by atoms with E-state index >= 15 is 0 Å². The fourth-order valence-electron chi connectivity index (χ4n) is 3.13. The van der Waals surface area contributed by atoms with E-state index in [4.69, 9.17) is 23.2 Å². The minimum Gasteiger partial charge on any atom is -0.336 e. The highest BCUT2D eigenvalue weighted by Gasteiger charge is 2.24. The van der Waals surface area contributed by atoms with Gasteiger partial charge in [0, 0.05) is 50.8 Å². The first-order valence-electron chi connectivity index (χ1n) is 8.47. The van der Waals surface area contributed by atoms with Gasteiger partial charge in [-0.05, 0) is 30.7 Å². The van der Waals surface area contributed by atoms with Crippen LogP contribution in [0.3, 0.4) is 0 Å². The summed E-state index contributed by atoms with van der Waals surface area (Å²) < 4.78 is 13.4. The molecule has 27 heavy (non-hydrogen) atoms. The van der Waals surface area contributed by atoms with Crippen LogP contribution in [0.4, 0.5) is 0 Å². The molecular formula is C18H17Cl2N3O2S2. The van der Waals surface area contributed by atoms with Crippen LogP contribution in [-0.2, 0) is 17.3 Å². The lowest BCUT2D eigenvalue weighted by Crippen LogP contribution is -2.41. The van der Waals surface area contributed by atoms with Gasteiger partial charge in [-0.1, -0.05) is 29.3 Å². The molecule has 3 aromatic rings. The number of aryl methyl sites for hydroxylation is 1. The van der Waals surface area contributed by atoms with Gasteiger partial charge < -0.3 is 4.90 Å². The maximum atomic E-state index is 12.8. The van der Waals surface area contributed by atoms with Gasteiger partial charge in [-0.15, -0.1) is 11.3 Å². The predicted molar refractivity (Wildman–Crippen MR) is 112 cm³/mol. The first-order valence-corrected chi connectivity index (χ1v) is 11.5. The normalized spacial score (nSPS) is 15.6. The number of halogens is 2. The van der Waals surface area contributed by atoms with Gasteiger partial charge in [0.15, 0.2) is 0 Å². The fraction of sp³-hybridized carbons (Fsp3) is 0.333. The number of amides is 1. The van der Waals surface area contributed by atoms with Crippen molar-refractivity contribution in [2.24, 2.45) is 0 Å². The summed E-state index contributed by atoms with van der Waals surface area (Å²) in [6.45, 7) is 3.54. The number of benzene rings is 1. The van der Waals surface area contributed by atoms with Gasteiger partial charge in [-0.25, -0.2) is 0 Å². The van der Waals surface area contributed by atoms with Crippen molar-refractivity contribution in [2.75, 3.05) is 24.6 Å². The fourth-order valence-corrected chi connectivity index (χ4v) is 5.78. The second kappa shape index (κ2) is 7.54. The zero-order valence-electron chi connectivity index (χ0n) is 14.6. The van der Waals surface area contributed by atoms with Crippen LogP contribution in [0.25, 0.3) is 10.2 Å². The molecule has 1 aliphatic rings. The number of aromatic nitrogens is 2. The molecule has 1 fully saturated rings. The third-order valence-electron chi connectivity index (χ3n) is 4.62. The summed E-state index contributed by atoms with van der Waals surface area (Å²) in [6.07, 6.45) is 0. The smallest absolute Gasteiger partial charge is 0.264 e. The molecule has 9 heteroatoms. The molecule has 0 saturated carbocycles. The Morgan fingerprint density at radius 2 is 2.00 bits per heavy atom. The average molecular weight is 442 g/mol. The Hall–Kier alpha value is -1.41. The molecule has 0 spiro atoms. The summed E-state index contributed by atoms with van der Waals surface area (Å²) >= 11 is 13.7. The van der Waals surface area contributed by atoms with Gasteiger partial charge in [-0.2, -0.15) is 5.10 Å². The van der Waals surface area contributed by atoms with Gasteiger partial charge >= 0.3 is 0 Å². The number of carbonyl (C=O) groups is 1. The van der Waals surface area contributed by atoms with Crippen LogP contribution in [0, 0.1) is 6.92 Å². The summed E-state index contributed by atoms with van der Waals surface area (Å²) in [4.78, 5) is 16.2. The van der Waals surface area contributed by atoms with Gasteiger partial charge in [0.25, 0.3) is 5.91 Å². The van der Waals surface area contributed by atoms with Gasteiger partial charge in [0.2, 0.25) is 0 Å². The molecule has 1 aliphatic heterocycles. The minimum absolute atomic E-state index is 0.00313. The molecule has 0 aliphatic carbocycles. The SMILES string of the molecule is Cc1nn(Cc2ccc(Cl)cc2Cl)c2sc(C(=O)N3CCS(=O)CC3)cc12. The lowest BCUT2D eigenvalue weighted by Gasteiger charge is -2.25. The largest absolute Gasteiger partial charge is 0.336 e. The quantitative estimate of drug-likeness (QED) is 0.617. The molecule has 2 aromatic heterocycles. The molecule has 1 saturated heterocycles. The molecule has 4 rings (SSSR count). The van der Waals surface area contributed by atoms with Crippen LogP contribution in [0.1, 0.15) is 20.9 Å². The van der Waals surface area contributed by atoms with E-state index in [1.165, 1.54) is 11.3 Å². The molecule has 0 atom stereocenters. The molecule has 0 unspecified atom stereocenters. The summed E-state index contributed by atoms with van der Waals surface area (Å²) in [5.41, 5.74) is 1.80. The Bertz CT molecular complexity index is 1050. The number of hydrogen-bond acceptors (Lipinski definition) is 4. The van der Waals surface area contributed by atoms with E-state index in [1.54, 1.807) is 17.0 Å². The van der Waals surface area contributed by atoms with Gasteiger partial charge in [0.05, 0.1) is 17.1 Å². The van der Waals surface area contributed by atoms with E-state index in [0.29, 0.717) is 46.1 Å². The molecular weight excluding hydrogens is 425 g/mol. The van der Waals surface area contributed by atoms with Crippen LogP contribution in [0.15, 0.2) is 24.3 Å². The molecule has 0 bridgehead atoms. The summed E-state index contributed by atoms with van der Waals surface area (Å²) in [6, 6.07) is 7.33. The number of hydrogen-bond donors (Lipinski definition) is 0. The van der Waals surface area contributed by atoms with Crippen LogP contribution in [0.2, 0.25) is 10.0 Å². The van der Waals surface area contributed by atoms with E-state index < -0.39 is 10.8 Å². The number of thiophene rings is 1. The van der Waals surface area contributed by atoms with Crippen molar-refractivity contribution in [1.82, 2.24) is 14.7 Å². The van der Waals surface area contributed by atoms with Crippen LogP contribution >= 0.6 is 34.5 Å². The lowest BCUT2D eigenvalue weighted by atomic mass is 10.2. The van der Waals surface area contributed by atoms with E-state index in [1.807, 2.05) is 23.7 Å². The Labute approximate surface area is 173 Å². The Kier molecular flexibility index (Phi) is 5.29. The van der Waals surface area contributed by atoms with Crippen LogP contribution < -0.4 is 0 Å². The highest BCUT2D eigenvalue weighted by atomic mass is 35.5. The lowest BCUT2D eigenvalue weighted by molar-refractivity contribution is 0.0776. The zero-order chi connectivity index (χ0) is 19.1. The maximum absolute atomic E-state index is 12.8. The minimum atomic E-state index is -0.801. The number of rotatable bonds is 3. The monoisotopic (exact) mass is 441 g/mol. The number of nitrogens with zero attached hydrogens (tertiary/aromatic N) is 3. The molecule has 1 aromatic carbocycles. The molecule has 3 heterocycles. The molecule has 0 radical (unpaired) electrons. The van der Waals surface area contributed by atoms with Crippen molar-refractivity contribution in [3.63, 3.8) is 0 Å². The van der Waals surface area contributed by atoms with Crippen molar-refractivity contribution in [2.45, 2.75) is 13.5 Å². The average Bonchev–Trinajstić information content (AvgIpc) is 3.19. The maximum Gasteiger partial charge on any atom is 0.264 e. The van der Waals surface area contributed by atoms with E-state index in [-0.39, 0.29) is 5.91 Å². The van der Waals surface area contributed by atoms with Crippen molar-refractivity contribution >= 4 is 61.5 Å². The molecule has 142 valence electrons. The van der Waals surface area contributed by atoms with E-state index in [2.05, 4.69) is 5.10 Å². The molecule has 0 N–H and O–H groups in total. The van der Waals surface area contributed by atoms with Crippen molar-refractivity contribution in [3.05, 3.63) is 50.4 Å². The van der Waals surface area contributed by atoms with Crippen LogP contribution in [-0.4, -0.2) is 49.4 Å². The standard InChI is InChI=1S/C18H17Cl2N3O2S2/c1-11-14-9-16(17(24)22-4-6-27(25)7-5-22)26-18(14)23(21-11)10-12-2-3-13(19)8-15(12)20/h2-3,8-9H,4-7,10H2,1H3.